The Kier molecular flexibility index (Phi) is 5.37. The topological polar surface area (TPSA) is 39.2 Å². The van der Waals surface area contributed by atoms with Gasteiger partial charge in [-0.2, -0.15) is 0 Å². The van der Waals surface area contributed by atoms with Gasteiger partial charge in [-0.3, -0.25) is 4.79 Å². The number of hydrogen-bond donors (Lipinski definition) is 0. The summed E-state index contributed by atoms with van der Waals surface area (Å²) >= 11 is 1.71. The Hall–Kier alpha value is -0.900. The molecule has 0 N–H and O–H groups in total. The van der Waals surface area contributed by atoms with E-state index < -0.39 is 0 Å². The van der Waals surface area contributed by atoms with Crippen molar-refractivity contribution in [2.45, 2.75) is 58.3 Å². The maximum atomic E-state index is 11.4. The van der Waals surface area contributed by atoms with Gasteiger partial charge in [-0.05, 0) is 38.5 Å². The molecular formula is C15H23NO2S. The summed E-state index contributed by atoms with van der Waals surface area (Å²) in [4.78, 5) is 16.0. The number of nitrogens with zero attached hydrogens (tertiary/aromatic N) is 1. The van der Waals surface area contributed by atoms with E-state index >= 15 is 0 Å². The number of aromatic nitrogens is 1. The molecule has 1 heterocycles. The Balaban J connectivity index is 1.88. The van der Waals surface area contributed by atoms with Crippen molar-refractivity contribution in [1.82, 2.24) is 4.98 Å². The standard InChI is InChI=1S/C15H23NO2S/c1-3-11-5-7-12(8-6-11)15-16-13(10-19-15)9-14(17)18-4-2/h10-12H,3-9H2,1-2H3. The molecular weight excluding hydrogens is 258 g/mol. The number of carbonyl (C=O) groups is 1. The first-order valence-electron chi connectivity index (χ1n) is 7.32. The fraction of sp³-hybridized carbons (Fsp3) is 0.733. The lowest BCUT2D eigenvalue weighted by molar-refractivity contribution is -0.142. The van der Waals surface area contributed by atoms with E-state index in [4.69, 9.17) is 4.74 Å². The van der Waals surface area contributed by atoms with Gasteiger partial charge in [-0.25, -0.2) is 4.98 Å². The molecule has 1 aliphatic carbocycles. The van der Waals surface area contributed by atoms with E-state index in [1.54, 1.807) is 11.3 Å². The molecule has 1 aromatic rings. The molecule has 0 aliphatic heterocycles. The van der Waals surface area contributed by atoms with Crippen molar-refractivity contribution in [1.29, 1.82) is 0 Å². The minimum Gasteiger partial charge on any atom is -0.466 e. The number of ether oxygens (including phenoxy) is 1. The first-order chi connectivity index (χ1) is 9.22. The van der Waals surface area contributed by atoms with Gasteiger partial charge in [-0.1, -0.05) is 13.3 Å². The molecule has 1 saturated carbocycles. The third kappa shape index (κ3) is 4.03. The van der Waals surface area contributed by atoms with Crippen LogP contribution in [0.3, 0.4) is 0 Å². The molecule has 4 heteroatoms. The van der Waals surface area contributed by atoms with Crippen molar-refractivity contribution < 1.29 is 9.53 Å². The van der Waals surface area contributed by atoms with Crippen LogP contribution in [0.15, 0.2) is 5.38 Å². The molecule has 0 amide bonds. The highest BCUT2D eigenvalue weighted by atomic mass is 32.1. The Bertz CT molecular complexity index is 408. The van der Waals surface area contributed by atoms with Gasteiger partial charge in [0.1, 0.15) is 0 Å². The lowest BCUT2D eigenvalue weighted by Crippen LogP contribution is -2.13. The van der Waals surface area contributed by atoms with Gasteiger partial charge in [-0.15, -0.1) is 11.3 Å². The Morgan fingerprint density at radius 1 is 1.37 bits per heavy atom. The quantitative estimate of drug-likeness (QED) is 0.768. The van der Waals surface area contributed by atoms with Crippen LogP contribution in [0.5, 0.6) is 0 Å². The van der Waals surface area contributed by atoms with Crippen LogP contribution in [0.4, 0.5) is 0 Å². The van der Waals surface area contributed by atoms with Crippen LogP contribution < -0.4 is 0 Å². The van der Waals surface area contributed by atoms with E-state index in [9.17, 15) is 4.79 Å². The zero-order valence-electron chi connectivity index (χ0n) is 11.9. The van der Waals surface area contributed by atoms with E-state index in [0.29, 0.717) is 18.9 Å². The van der Waals surface area contributed by atoms with Gasteiger partial charge in [0, 0.05) is 11.3 Å². The van der Waals surface area contributed by atoms with Gasteiger partial charge in [0.15, 0.2) is 0 Å². The van der Waals surface area contributed by atoms with E-state index in [2.05, 4.69) is 11.9 Å². The first kappa shape index (κ1) is 14.5. The highest BCUT2D eigenvalue weighted by Crippen LogP contribution is 2.38. The van der Waals surface area contributed by atoms with E-state index in [0.717, 1.165) is 11.6 Å². The molecule has 2 rings (SSSR count). The summed E-state index contributed by atoms with van der Waals surface area (Å²) < 4.78 is 4.95. The van der Waals surface area contributed by atoms with Crippen LogP contribution >= 0.6 is 11.3 Å². The Morgan fingerprint density at radius 3 is 2.74 bits per heavy atom. The second-order valence-corrected chi connectivity index (χ2v) is 6.17. The number of carbonyl (C=O) groups excluding carboxylic acids is 1. The fourth-order valence-electron chi connectivity index (χ4n) is 2.77. The SMILES string of the molecule is CCOC(=O)Cc1csc(C2CCC(CC)CC2)n1. The average Bonchev–Trinajstić information content (AvgIpc) is 2.87. The van der Waals surface area contributed by atoms with Crippen molar-refractivity contribution in [2.24, 2.45) is 5.92 Å². The number of rotatable bonds is 5. The van der Waals surface area contributed by atoms with Gasteiger partial charge >= 0.3 is 5.97 Å². The molecule has 0 radical (unpaired) electrons. The highest BCUT2D eigenvalue weighted by molar-refractivity contribution is 7.09. The molecule has 1 fully saturated rings. The molecule has 3 nitrogen and oxygen atoms in total. The third-order valence-electron chi connectivity index (χ3n) is 3.97. The van der Waals surface area contributed by atoms with E-state index in [-0.39, 0.29) is 5.97 Å². The predicted octanol–water partition coefficient (Wildman–Crippen LogP) is 3.93. The van der Waals surface area contributed by atoms with Crippen molar-refractivity contribution in [2.75, 3.05) is 6.61 Å². The van der Waals surface area contributed by atoms with Crippen LogP contribution in [0.1, 0.15) is 62.6 Å². The number of esters is 1. The van der Waals surface area contributed by atoms with Crippen molar-refractivity contribution in [3.8, 4) is 0 Å². The maximum absolute atomic E-state index is 11.4. The molecule has 0 spiro atoms. The van der Waals surface area contributed by atoms with Crippen LogP contribution in [0.25, 0.3) is 0 Å². The first-order valence-corrected chi connectivity index (χ1v) is 8.20. The molecule has 19 heavy (non-hydrogen) atoms. The molecule has 0 unspecified atom stereocenters. The lowest BCUT2D eigenvalue weighted by Gasteiger charge is -2.26. The van der Waals surface area contributed by atoms with Crippen LogP contribution in [-0.2, 0) is 16.0 Å². The zero-order chi connectivity index (χ0) is 13.7. The van der Waals surface area contributed by atoms with Crippen LogP contribution in [0.2, 0.25) is 0 Å². The smallest absolute Gasteiger partial charge is 0.311 e. The lowest BCUT2D eigenvalue weighted by atomic mass is 9.81. The summed E-state index contributed by atoms with van der Waals surface area (Å²) in [6.45, 7) is 4.55. The van der Waals surface area contributed by atoms with Crippen LogP contribution in [-0.4, -0.2) is 17.6 Å². The second kappa shape index (κ2) is 7.04. The summed E-state index contributed by atoms with van der Waals surface area (Å²) in [6.07, 6.45) is 6.78. The van der Waals surface area contributed by atoms with Crippen LogP contribution in [0, 0.1) is 5.92 Å². The number of thiazole rings is 1. The predicted molar refractivity (Wildman–Crippen MR) is 77.4 cm³/mol. The monoisotopic (exact) mass is 281 g/mol. The summed E-state index contributed by atoms with van der Waals surface area (Å²) in [5.74, 6) is 1.35. The van der Waals surface area contributed by atoms with Gasteiger partial charge in [0.2, 0.25) is 0 Å². The molecule has 0 atom stereocenters. The zero-order valence-corrected chi connectivity index (χ0v) is 12.7. The Labute approximate surface area is 119 Å². The fourth-order valence-corrected chi connectivity index (χ4v) is 3.76. The summed E-state index contributed by atoms with van der Waals surface area (Å²) in [5, 5.41) is 3.23. The van der Waals surface area contributed by atoms with Gasteiger partial charge in [0.25, 0.3) is 0 Å². The largest absolute Gasteiger partial charge is 0.466 e. The molecule has 1 aromatic heterocycles. The minimum atomic E-state index is -0.172. The van der Waals surface area contributed by atoms with E-state index in [1.807, 2.05) is 12.3 Å². The maximum Gasteiger partial charge on any atom is 0.311 e. The number of hydrogen-bond acceptors (Lipinski definition) is 4. The van der Waals surface area contributed by atoms with Crippen molar-refractivity contribution in [3.63, 3.8) is 0 Å². The second-order valence-electron chi connectivity index (χ2n) is 5.28. The molecule has 0 aromatic carbocycles. The molecule has 106 valence electrons. The molecule has 0 saturated heterocycles. The molecule has 0 bridgehead atoms. The minimum absolute atomic E-state index is 0.172. The third-order valence-corrected chi connectivity index (χ3v) is 5.03. The van der Waals surface area contributed by atoms with Gasteiger partial charge < -0.3 is 4.74 Å². The Morgan fingerprint density at radius 2 is 2.11 bits per heavy atom. The summed E-state index contributed by atoms with van der Waals surface area (Å²) in [7, 11) is 0. The highest BCUT2D eigenvalue weighted by Gasteiger charge is 2.23. The van der Waals surface area contributed by atoms with Crippen molar-refractivity contribution in [3.05, 3.63) is 16.1 Å². The summed E-state index contributed by atoms with van der Waals surface area (Å²) in [5.41, 5.74) is 0.871. The summed E-state index contributed by atoms with van der Waals surface area (Å²) in [6, 6.07) is 0. The van der Waals surface area contributed by atoms with Crippen molar-refractivity contribution >= 4 is 17.3 Å². The molecule has 1 aliphatic rings. The average molecular weight is 281 g/mol. The van der Waals surface area contributed by atoms with Gasteiger partial charge in [0.05, 0.1) is 23.7 Å². The van der Waals surface area contributed by atoms with E-state index in [1.165, 1.54) is 37.1 Å². The normalized spacial score (nSPS) is 23.3.